The molecule has 1 aromatic carbocycles. The summed E-state index contributed by atoms with van der Waals surface area (Å²) >= 11 is 5.36. The average molecular weight is 350 g/mol. The summed E-state index contributed by atoms with van der Waals surface area (Å²) in [4.78, 5) is 2.09. The lowest BCUT2D eigenvalue weighted by Crippen LogP contribution is -2.53. The van der Waals surface area contributed by atoms with Crippen molar-refractivity contribution in [3.63, 3.8) is 0 Å². The van der Waals surface area contributed by atoms with E-state index in [1.54, 1.807) is 12.1 Å². The fraction of sp³-hybridized carbons (Fsp3) is 0.467. The highest BCUT2D eigenvalue weighted by atomic mass is 32.2. The highest BCUT2D eigenvalue weighted by Crippen LogP contribution is 2.22. The van der Waals surface area contributed by atoms with E-state index in [9.17, 15) is 8.42 Å². The number of nitriles is 1. The van der Waals surface area contributed by atoms with Gasteiger partial charge in [-0.25, -0.2) is 8.42 Å². The van der Waals surface area contributed by atoms with E-state index < -0.39 is 10.0 Å². The Bertz CT molecular complexity index is 745. The Morgan fingerprint density at radius 3 is 2.48 bits per heavy atom. The Morgan fingerprint density at radius 1 is 1.22 bits per heavy atom. The predicted molar refractivity (Wildman–Crippen MR) is 90.2 cm³/mol. The first-order chi connectivity index (χ1) is 11.0. The lowest BCUT2D eigenvalue weighted by atomic mass is 10.2. The second-order valence-corrected chi connectivity index (χ2v) is 8.02. The molecule has 0 bridgehead atoms. The molecule has 0 atom stereocenters. The normalized spacial score (nSPS) is 19.2. The maximum atomic E-state index is 12.7. The number of hydrogen-bond donors (Lipinski definition) is 1. The number of thiocarbonyl (C=S) groups is 1. The van der Waals surface area contributed by atoms with Gasteiger partial charge < -0.3 is 10.2 Å². The van der Waals surface area contributed by atoms with Gasteiger partial charge in [0.05, 0.1) is 10.5 Å². The molecule has 8 heteroatoms. The number of piperazine rings is 1. The number of nitrogens with one attached hydrogen (secondary N) is 1. The summed E-state index contributed by atoms with van der Waals surface area (Å²) in [5, 5.41) is 13.1. The zero-order chi connectivity index (χ0) is 16.4. The Balaban J connectivity index is 1.68. The number of sulfonamides is 1. The van der Waals surface area contributed by atoms with Crippen LogP contribution in [0.5, 0.6) is 0 Å². The molecule has 1 aromatic rings. The minimum Gasteiger partial charge on any atom is -0.360 e. The second kappa shape index (κ2) is 6.43. The lowest BCUT2D eigenvalue weighted by Gasteiger charge is -2.35. The lowest BCUT2D eigenvalue weighted by molar-refractivity contribution is 0.264. The summed E-state index contributed by atoms with van der Waals surface area (Å²) < 4.78 is 26.9. The number of nitrogens with zero attached hydrogens (tertiary/aromatic N) is 3. The van der Waals surface area contributed by atoms with Crippen molar-refractivity contribution in [2.45, 2.75) is 23.8 Å². The Kier molecular flexibility index (Phi) is 4.53. The van der Waals surface area contributed by atoms with E-state index >= 15 is 0 Å². The fourth-order valence-electron chi connectivity index (χ4n) is 2.55. The van der Waals surface area contributed by atoms with Crippen LogP contribution < -0.4 is 5.32 Å². The Labute approximate surface area is 141 Å². The maximum absolute atomic E-state index is 12.7. The molecule has 6 nitrogen and oxygen atoms in total. The third kappa shape index (κ3) is 3.47. The third-order valence-electron chi connectivity index (χ3n) is 4.06. The quantitative estimate of drug-likeness (QED) is 0.817. The molecule has 3 rings (SSSR count). The average Bonchev–Trinajstić information content (AvgIpc) is 3.39. The van der Waals surface area contributed by atoms with Gasteiger partial charge in [0, 0.05) is 32.2 Å². The van der Waals surface area contributed by atoms with Crippen LogP contribution in [0.1, 0.15) is 18.4 Å². The van der Waals surface area contributed by atoms with Crippen molar-refractivity contribution in [3.05, 3.63) is 29.8 Å². The zero-order valence-electron chi connectivity index (χ0n) is 12.6. The van der Waals surface area contributed by atoms with Crippen LogP contribution in [0.15, 0.2) is 29.2 Å². The molecule has 1 saturated carbocycles. The highest BCUT2D eigenvalue weighted by molar-refractivity contribution is 7.89. The molecular weight excluding hydrogens is 332 g/mol. The standard InChI is InChI=1S/C15H18N4O2S2/c16-11-12-3-1-2-4-14(12)23(20,21)19-9-7-18(8-10-19)15(22)17-13-5-6-13/h1-4,13H,5-10H2,(H,17,22). The van der Waals surface area contributed by atoms with Gasteiger partial charge in [0.15, 0.2) is 5.11 Å². The molecule has 122 valence electrons. The minimum absolute atomic E-state index is 0.0784. The van der Waals surface area contributed by atoms with Crippen molar-refractivity contribution in [2.24, 2.45) is 0 Å². The summed E-state index contributed by atoms with van der Waals surface area (Å²) in [6.45, 7) is 1.86. The van der Waals surface area contributed by atoms with Gasteiger partial charge in [-0.3, -0.25) is 0 Å². The minimum atomic E-state index is -3.64. The molecule has 0 spiro atoms. The molecule has 1 N–H and O–H groups in total. The van der Waals surface area contributed by atoms with Crippen LogP contribution in [-0.4, -0.2) is 55.0 Å². The van der Waals surface area contributed by atoms with Crippen molar-refractivity contribution in [2.75, 3.05) is 26.2 Å². The molecule has 0 unspecified atom stereocenters. The summed E-state index contributed by atoms with van der Waals surface area (Å²) in [6.07, 6.45) is 2.30. The molecule has 2 fully saturated rings. The molecule has 2 aliphatic rings. The van der Waals surface area contributed by atoms with E-state index in [2.05, 4.69) is 5.32 Å². The molecule has 1 aliphatic heterocycles. The molecule has 1 aliphatic carbocycles. The summed E-state index contributed by atoms with van der Waals surface area (Å²) in [5.41, 5.74) is 0.181. The van der Waals surface area contributed by atoms with Crippen LogP contribution in [0, 0.1) is 11.3 Å². The van der Waals surface area contributed by atoms with Crippen LogP contribution in [-0.2, 0) is 10.0 Å². The number of rotatable bonds is 3. The van der Waals surface area contributed by atoms with Crippen LogP contribution in [0.2, 0.25) is 0 Å². The van der Waals surface area contributed by atoms with Gasteiger partial charge in [0.25, 0.3) is 0 Å². The van der Waals surface area contributed by atoms with Gasteiger partial charge in [0.1, 0.15) is 6.07 Å². The van der Waals surface area contributed by atoms with E-state index in [1.807, 2.05) is 11.0 Å². The van der Waals surface area contributed by atoms with Gasteiger partial charge in [-0.1, -0.05) is 12.1 Å². The van der Waals surface area contributed by atoms with E-state index in [4.69, 9.17) is 17.5 Å². The van der Waals surface area contributed by atoms with Crippen LogP contribution in [0.4, 0.5) is 0 Å². The molecule has 23 heavy (non-hydrogen) atoms. The number of hydrogen-bond acceptors (Lipinski definition) is 4. The van der Waals surface area contributed by atoms with Gasteiger partial charge in [-0.2, -0.15) is 9.57 Å². The summed E-state index contributed by atoms with van der Waals surface area (Å²) in [6, 6.07) is 8.75. The van der Waals surface area contributed by atoms with Gasteiger partial charge in [-0.05, 0) is 37.2 Å². The monoisotopic (exact) mass is 350 g/mol. The number of benzene rings is 1. The molecule has 0 amide bonds. The SMILES string of the molecule is N#Cc1ccccc1S(=O)(=O)N1CCN(C(=S)NC2CC2)CC1. The molecular formula is C15H18N4O2S2. The molecule has 0 aromatic heterocycles. The predicted octanol–water partition coefficient (Wildman–Crippen LogP) is 0.901. The summed E-state index contributed by atoms with van der Waals surface area (Å²) in [7, 11) is -3.64. The van der Waals surface area contributed by atoms with Crippen LogP contribution in [0.3, 0.4) is 0 Å². The topological polar surface area (TPSA) is 76.4 Å². The van der Waals surface area contributed by atoms with Crippen molar-refractivity contribution in [1.82, 2.24) is 14.5 Å². The first-order valence-corrected chi connectivity index (χ1v) is 9.42. The zero-order valence-corrected chi connectivity index (χ0v) is 14.2. The van der Waals surface area contributed by atoms with E-state index in [0.29, 0.717) is 37.3 Å². The first kappa shape index (κ1) is 16.2. The van der Waals surface area contributed by atoms with E-state index in [0.717, 1.165) is 12.8 Å². The first-order valence-electron chi connectivity index (χ1n) is 7.57. The second-order valence-electron chi connectivity index (χ2n) is 5.72. The molecule has 0 radical (unpaired) electrons. The highest BCUT2D eigenvalue weighted by Gasteiger charge is 2.32. The molecule has 1 heterocycles. The fourth-order valence-corrected chi connectivity index (χ4v) is 4.46. The maximum Gasteiger partial charge on any atom is 0.244 e. The summed E-state index contributed by atoms with van der Waals surface area (Å²) in [5.74, 6) is 0. The Morgan fingerprint density at radius 2 is 1.87 bits per heavy atom. The largest absolute Gasteiger partial charge is 0.360 e. The van der Waals surface area contributed by atoms with Crippen molar-refractivity contribution >= 4 is 27.4 Å². The van der Waals surface area contributed by atoms with Gasteiger partial charge in [-0.15, -0.1) is 0 Å². The Hall–Kier alpha value is -1.69. The molecule has 1 saturated heterocycles. The smallest absolute Gasteiger partial charge is 0.244 e. The van der Waals surface area contributed by atoms with E-state index in [-0.39, 0.29) is 10.5 Å². The van der Waals surface area contributed by atoms with E-state index in [1.165, 1.54) is 16.4 Å². The van der Waals surface area contributed by atoms with Crippen molar-refractivity contribution in [1.29, 1.82) is 5.26 Å². The van der Waals surface area contributed by atoms with Gasteiger partial charge in [0.2, 0.25) is 10.0 Å². The van der Waals surface area contributed by atoms with Crippen molar-refractivity contribution < 1.29 is 8.42 Å². The third-order valence-corrected chi connectivity index (χ3v) is 6.39. The van der Waals surface area contributed by atoms with Crippen molar-refractivity contribution in [3.8, 4) is 6.07 Å². The van der Waals surface area contributed by atoms with Crippen LogP contribution >= 0.6 is 12.2 Å². The van der Waals surface area contributed by atoms with Crippen LogP contribution in [0.25, 0.3) is 0 Å². The van der Waals surface area contributed by atoms with Gasteiger partial charge >= 0.3 is 0 Å².